The van der Waals surface area contributed by atoms with Gasteiger partial charge in [-0.15, -0.1) is 0 Å². The molecule has 178 valence electrons. The van der Waals surface area contributed by atoms with Gasteiger partial charge in [-0.2, -0.15) is 0 Å². The molecule has 4 rings (SSSR count). The Bertz CT molecular complexity index is 1340. The number of thiazole rings is 1. The zero-order valence-corrected chi connectivity index (χ0v) is 19.9. The average molecular weight is 491 g/mol. The molecule has 2 aromatic carbocycles. The van der Waals surface area contributed by atoms with Crippen molar-refractivity contribution in [2.24, 2.45) is 0 Å². The summed E-state index contributed by atoms with van der Waals surface area (Å²) in [6.45, 7) is 5.17. The van der Waals surface area contributed by atoms with E-state index in [2.05, 4.69) is 11.6 Å². The molecule has 0 spiro atoms. The van der Waals surface area contributed by atoms with Crippen LogP contribution in [0.3, 0.4) is 0 Å². The molecule has 0 unspecified atom stereocenters. The molecule has 1 atom stereocenters. The fourth-order valence-corrected chi connectivity index (χ4v) is 4.77. The maximum atomic E-state index is 13.3. The maximum absolute atomic E-state index is 13.3. The Hall–Kier alpha value is -4.24. The van der Waals surface area contributed by atoms with Gasteiger partial charge in [-0.3, -0.25) is 14.5 Å². The van der Waals surface area contributed by atoms with Crippen LogP contribution in [0, 0.1) is 6.92 Å². The number of Topliss-reactive ketones (excluding diaryl/α,β-unsaturated/α-hetero) is 1. The van der Waals surface area contributed by atoms with Gasteiger partial charge in [0.25, 0.3) is 5.78 Å². The molecule has 0 radical (unpaired) electrons. The second-order valence-electron chi connectivity index (χ2n) is 7.61. The Morgan fingerprint density at radius 3 is 2.63 bits per heavy atom. The summed E-state index contributed by atoms with van der Waals surface area (Å²) in [7, 11) is 1.51. The van der Waals surface area contributed by atoms with E-state index in [1.165, 1.54) is 18.1 Å². The van der Waals surface area contributed by atoms with Crippen LogP contribution in [-0.2, 0) is 14.3 Å². The van der Waals surface area contributed by atoms with Crippen LogP contribution >= 0.6 is 11.3 Å². The van der Waals surface area contributed by atoms with Crippen molar-refractivity contribution in [1.82, 2.24) is 4.98 Å². The van der Waals surface area contributed by atoms with Crippen LogP contribution in [-0.4, -0.2) is 41.5 Å². The first-order chi connectivity index (χ1) is 16.9. The molecule has 1 aromatic heterocycles. The van der Waals surface area contributed by atoms with Crippen LogP contribution in [0.2, 0.25) is 0 Å². The fourth-order valence-electron chi connectivity index (χ4n) is 3.78. The molecule has 1 aliphatic rings. The van der Waals surface area contributed by atoms with Crippen molar-refractivity contribution < 1.29 is 29.0 Å². The average Bonchev–Trinajstić information content (AvgIpc) is 3.39. The Balaban J connectivity index is 1.89. The molecule has 1 aliphatic heterocycles. The lowest BCUT2D eigenvalue weighted by molar-refractivity contribution is -0.132. The molecule has 1 N–H and O–H groups in total. The Kier molecular flexibility index (Phi) is 6.79. The lowest BCUT2D eigenvalue weighted by atomic mass is 9.95. The highest BCUT2D eigenvalue weighted by atomic mass is 32.1. The van der Waals surface area contributed by atoms with Crippen molar-refractivity contribution in [2.75, 3.05) is 18.6 Å². The van der Waals surface area contributed by atoms with Gasteiger partial charge in [0.15, 0.2) is 5.13 Å². The van der Waals surface area contributed by atoms with Gasteiger partial charge < -0.3 is 14.6 Å². The van der Waals surface area contributed by atoms with Gasteiger partial charge in [0.1, 0.15) is 23.0 Å². The second-order valence-corrected chi connectivity index (χ2v) is 8.59. The monoisotopic (exact) mass is 490 g/mol. The molecule has 35 heavy (non-hydrogen) atoms. The number of carbonyl (C=O) groups excluding carboxylic acids is 3. The minimum Gasteiger partial charge on any atom is -0.507 e. The zero-order chi connectivity index (χ0) is 25.1. The number of aliphatic hydroxyl groups excluding tert-OH is 1. The molecule has 3 aromatic rings. The summed E-state index contributed by atoms with van der Waals surface area (Å²) in [6.07, 6.45) is 1.44. The largest absolute Gasteiger partial charge is 0.507 e. The lowest BCUT2D eigenvalue weighted by Crippen LogP contribution is -2.29. The molecule has 1 amide bonds. The SMILES string of the molecule is C=CCOC(=O)c1sc(N2C(=O)C(=O)C(=C(O)c3ccccc3)[C@@H]2c2cccc(OC)c2)nc1C. The summed E-state index contributed by atoms with van der Waals surface area (Å²) in [4.78, 5) is 44.8. The highest BCUT2D eigenvalue weighted by Gasteiger charge is 2.48. The number of aryl methyl sites for hydroxylation is 1. The number of rotatable bonds is 7. The number of nitrogens with zero attached hydrogens (tertiary/aromatic N) is 2. The number of ketones is 1. The topological polar surface area (TPSA) is 106 Å². The van der Waals surface area contributed by atoms with E-state index in [0.717, 1.165) is 11.3 Å². The number of esters is 1. The summed E-state index contributed by atoms with van der Waals surface area (Å²) in [5.41, 5.74) is 1.19. The van der Waals surface area contributed by atoms with Crippen molar-refractivity contribution in [1.29, 1.82) is 0 Å². The number of hydrogen-bond acceptors (Lipinski definition) is 8. The summed E-state index contributed by atoms with van der Waals surface area (Å²) in [5.74, 6) is -2.13. The van der Waals surface area contributed by atoms with Crippen molar-refractivity contribution in [3.63, 3.8) is 0 Å². The highest BCUT2D eigenvalue weighted by Crippen LogP contribution is 2.44. The number of hydrogen-bond donors (Lipinski definition) is 1. The molecular weight excluding hydrogens is 468 g/mol. The van der Waals surface area contributed by atoms with Crippen LogP contribution in [0.5, 0.6) is 5.75 Å². The van der Waals surface area contributed by atoms with E-state index in [-0.39, 0.29) is 27.9 Å². The summed E-state index contributed by atoms with van der Waals surface area (Å²) < 4.78 is 10.5. The number of anilines is 1. The minimum absolute atomic E-state index is 0.0247. The number of aliphatic hydroxyl groups is 1. The first kappa shape index (κ1) is 23.9. The number of carbonyl (C=O) groups is 3. The molecular formula is C26H22N2O6S. The van der Waals surface area contributed by atoms with E-state index in [0.29, 0.717) is 22.6 Å². The third-order valence-corrected chi connectivity index (χ3v) is 6.55. The minimum atomic E-state index is -0.993. The molecule has 0 aliphatic carbocycles. The Labute approximate surface area is 205 Å². The van der Waals surface area contributed by atoms with Crippen molar-refractivity contribution >= 4 is 39.9 Å². The van der Waals surface area contributed by atoms with E-state index < -0.39 is 23.7 Å². The molecule has 8 nitrogen and oxygen atoms in total. The predicted molar refractivity (Wildman–Crippen MR) is 132 cm³/mol. The summed E-state index contributed by atoms with van der Waals surface area (Å²) >= 11 is 0.936. The van der Waals surface area contributed by atoms with Crippen LogP contribution < -0.4 is 9.64 Å². The molecule has 0 saturated carbocycles. The molecule has 9 heteroatoms. The number of amides is 1. The Morgan fingerprint density at radius 1 is 1.20 bits per heavy atom. The summed E-state index contributed by atoms with van der Waals surface area (Å²) in [5, 5.41) is 11.3. The first-order valence-electron chi connectivity index (χ1n) is 10.6. The molecule has 1 saturated heterocycles. The van der Waals surface area contributed by atoms with E-state index in [9.17, 15) is 19.5 Å². The molecule has 0 bridgehead atoms. The van der Waals surface area contributed by atoms with E-state index in [4.69, 9.17) is 9.47 Å². The van der Waals surface area contributed by atoms with Crippen molar-refractivity contribution in [3.05, 3.63) is 94.5 Å². The predicted octanol–water partition coefficient (Wildman–Crippen LogP) is 4.43. The van der Waals surface area contributed by atoms with Gasteiger partial charge in [-0.05, 0) is 24.6 Å². The second kappa shape index (κ2) is 9.94. The fraction of sp³-hybridized carbons (Fsp3) is 0.154. The normalized spacial score (nSPS) is 16.9. The first-order valence-corrected chi connectivity index (χ1v) is 11.4. The van der Waals surface area contributed by atoms with Crippen molar-refractivity contribution in [2.45, 2.75) is 13.0 Å². The number of ether oxygens (including phenoxy) is 2. The third-order valence-electron chi connectivity index (χ3n) is 5.41. The standard InChI is InChI=1S/C26H22N2O6S/c1-4-13-34-25(32)23-15(2)27-26(35-23)28-20(17-11-8-12-18(14-17)33-3)19(22(30)24(28)31)21(29)16-9-6-5-7-10-16/h4-12,14,20,29H,1,13H2,2-3H3/t20-/m0/s1. The van der Waals surface area contributed by atoms with Crippen molar-refractivity contribution in [3.8, 4) is 5.75 Å². The smallest absolute Gasteiger partial charge is 0.350 e. The van der Waals surface area contributed by atoms with Crippen LogP contribution in [0.15, 0.2) is 72.8 Å². The number of aromatic nitrogens is 1. The van der Waals surface area contributed by atoms with Gasteiger partial charge in [0.05, 0.1) is 24.4 Å². The molecule has 2 heterocycles. The maximum Gasteiger partial charge on any atom is 0.350 e. The van der Waals surface area contributed by atoms with E-state index >= 15 is 0 Å². The number of methoxy groups -OCH3 is 1. The van der Waals surface area contributed by atoms with Gasteiger partial charge in [0, 0.05) is 5.56 Å². The lowest BCUT2D eigenvalue weighted by Gasteiger charge is -2.23. The number of benzene rings is 2. The Morgan fingerprint density at radius 2 is 1.94 bits per heavy atom. The third kappa shape index (κ3) is 4.45. The highest BCUT2D eigenvalue weighted by molar-refractivity contribution is 7.17. The van der Waals surface area contributed by atoms with Gasteiger partial charge in [-0.1, -0.05) is 66.5 Å². The quantitative estimate of drug-likeness (QED) is 0.172. The van der Waals surface area contributed by atoms with Crippen LogP contribution in [0.4, 0.5) is 5.13 Å². The van der Waals surface area contributed by atoms with Gasteiger partial charge in [0.2, 0.25) is 0 Å². The summed E-state index contributed by atoms with van der Waals surface area (Å²) in [6, 6.07) is 14.4. The van der Waals surface area contributed by atoms with E-state index in [1.807, 2.05) is 0 Å². The van der Waals surface area contributed by atoms with Crippen LogP contribution in [0.1, 0.15) is 32.5 Å². The molecule has 1 fully saturated rings. The van der Waals surface area contributed by atoms with Gasteiger partial charge in [-0.25, -0.2) is 9.78 Å². The van der Waals surface area contributed by atoms with E-state index in [1.54, 1.807) is 61.5 Å². The van der Waals surface area contributed by atoms with Gasteiger partial charge >= 0.3 is 11.9 Å². The zero-order valence-electron chi connectivity index (χ0n) is 19.1. The van der Waals surface area contributed by atoms with Crippen LogP contribution in [0.25, 0.3) is 5.76 Å².